The molecule has 1 aromatic rings. The Hall–Kier alpha value is -1.95. The average molecular weight is 317 g/mol. The summed E-state index contributed by atoms with van der Waals surface area (Å²) in [6.07, 6.45) is 3.60. The van der Waals surface area contributed by atoms with Crippen LogP contribution in [0.25, 0.3) is 0 Å². The van der Waals surface area contributed by atoms with Gasteiger partial charge in [-0.3, -0.25) is 9.78 Å². The van der Waals surface area contributed by atoms with Crippen molar-refractivity contribution in [3.05, 3.63) is 29.1 Å². The van der Waals surface area contributed by atoms with Crippen molar-refractivity contribution in [3.8, 4) is 0 Å². The minimum atomic E-state index is -0.450. The first kappa shape index (κ1) is 15.9. The van der Waals surface area contributed by atoms with Gasteiger partial charge < -0.3 is 15.4 Å². The standard InChI is InChI=1S/C17H23N3O3/c1-3-23-17(22)12-6-13(10(2)19-7-12)16(21)20-8-11-4-5-15(18)14(11)9-20/h6-7,11,14-15H,3-5,8-9,18H2,1-2H3. The number of nitrogens with two attached hydrogens (primary N) is 1. The lowest BCUT2D eigenvalue weighted by Gasteiger charge is -2.19. The molecule has 6 heteroatoms. The zero-order chi connectivity index (χ0) is 16.6. The van der Waals surface area contributed by atoms with Crippen molar-refractivity contribution in [2.45, 2.75) is 32.7 Å². The van der Waals surface area contributed by atoms with Crippen molar-refractivity contribution < 1.29 is 14.3 Å². The van der Waals surface area contributed by atoms with E-state index >= 15 is 0 Å². The molecule has 1 saturated carbocycles. The Labute approximate surface area is 136 Å². The highest BCUT2D eigenvalue weighted by Crippen LogP contribution is 2.37. The number of carbonyl (C=O) groups excluding carboxylic acids is 2. The van der Waals surface area contributed by atoms with Gasteiger partial charge in [0.15, 0.2) is 0 Å². The van der Waals surface area contributed by atoms with Gasteiger partial charge in [0.25, 0.3) is 5.91 Å². The van der Waals surface area contributed by atoms with Crippen LogP contribution < -0.4 is 5.73 Å². The molecule has 2 heterocycles. The Balaban J connectivity index is 1.80. The van der Waals surface area contributed by atoms with Crippen LogP contribution in [0.5, 0.6) is 0 Å². The molecule has 1 aliphatic carbocycles. The van der Waals surface area contributed by atoms with E-state index in [4.69, 9.17) is 10.5 Å². The molecule has 2 aliphatic rings. The highest BCUT2D eigenvalue weighted by Gasteiger charge is 2.42. The largest absolute Gasteiger partial charge is 0.462 e. The van der Waals surface area contributed by atoms with Gasteiger partial charge in [-0.05, 0) is 44.6 Å². The van der Waals surface area contributed by atoms with Crippen LogP contribution in [0.4, 0.5) is 0 Å². The molecule has 2 fully saturated rings. The molecule has 0 bridgehead atoms. The molecule has 1 amide bonds. The number of ether oxygens (including phenoxy) is 1. The van der Waals surface area contributed by atoms with E-state index in [0.29, 0.717) is 41.8 Å². The molecule has 0 radical (unpaired) electrons. The topological polar surface area (TPSA) is 85.5 Å². The summed E-state index contributed by atoms with van der Waals surface area (Å²) >= 11 is 0. The van der Waals surface area contributed by atoms with Gasteiger partial charge in [-0.1, -0.05) is 0 Å². The number of hydrogen-bond acceptors (Lipinski definition) is 5. The molecule has 1 aromatic heterocycles. The average Bonchev–Trinajstić information content (AvgIpc) is 3.10. The summed E-state index contributed by atoms with van der Waals surface area (Å²) in [4.78, 5) is 30.7. The third-order valence-electron chi connectivity index (χ3n) is 5.03. The lowest BCUT2D eigenvalue weighted by atomic mass is 9.98. The van der Waals surface area contributed by atoms with Crippen molar-refractivity contribution in [3.63, 3.8) is 0 Å². The summed E-state index contributed by atoms with van der Waals surface area (Å²) in [5.41, 5.74) is 7.56. The summed E-state index contributed by atoms with van der Waals surface area (Å²) in [5, 5.41) is 0. The van der Waals surface area contributed by atoms with E-state index in [-0.39, 0.29) is 11.9 Å². The zero-order valence-corrected chi connectivity index (χ0v) is 13.6. The van der Waals surface area contributed by atoms with Crippen LogP contribution in [0.2, 0.25) is 0 Å². The highest BCUT2D eigenvalue weighted by molar-refractivity contribution is 5.98. The van der Waals surface area contributed by atoms with E-state index in [1.165, 1.54) is 6.20 Å². The molecule has 0 aromatic carbocycles. The quantitative estimate of drug-likeness (QED) is 0.851. The van der Waals surface area contributed by atoms with Crippen LogP contribution in [-0.4, -0.2) is 47.5 Å². The molecule has 1 aliphatic heterocycles. The number of aryl methyl sites for hydroxylation is 1. The molecule has 124 valence electrons. The Kier molecular flexibility index (Phi) is 4.35. The van der Waals surface area contributed by atoms with Gasteiger partial charge >= 0.3 is 5.97 Å². The van der Waals surface area contributed by atoms with Gasteiger partial charge in [-0.2, -0.15) is 0 Å². The van der Waals surface area contributed by atoms with Crippen LogP contribution in [0, 0.1) is 18.8 Å². The predicted octanol–water partition coefficient (Wildman–Crippen LogP) is 1.38. The molecule has 3 atom stereocenters. The fraction of sp³-hybridized carbons (Fsp3) is 0.588. The number of esters is 1. The van der Waals surface area contributed by atoms with E-state index in [9.17, 15) is 9.59 Å². The fourth-order valence-electron chi connectivity index (χ4n) is 3.72. The van der Waals surface area contributed by atoms with Gasteiger partial charge in [0.1, 0.15) is 0 Å². The number of pyridine rings is 1. The maximum Gasteiger partial charge on any atom is 0.339 e. The number of aromatic nitrogens is 1. The zero-order valence-electron chi connectivity index (χ0n) is 13.6. The summed E-state index contributed by atoms with van der Waals surface area (Å²) in [6, 6.07) is 1.79. The summed E-state index contributed by atoms with van der Waals surface area (Å²) in [7, 11) is 0. The smallest absolute Gasteiger partial charge is 0.339 e. The molecule has 0 spiro atoms. The van der Waals surface area contributed by atoms with E-state index in [0.717, 1.165) is 19.4 Å². The van der Waals surface area contributed by atoms with Crippen LogP contribution >= 0.6 is 0 Å². The van der Waals surface area contributed by atoms with E-state index in [2.05, 4.69) is 4.98 Å². The van der Waals surface area contributed by atoms with Gasteiger partial charge in [-0.25, -0.2) is 4.79 Å². The van der Waals surface area contributed by atoms with Crippen molar-refractivity contribution in [2.24, 2.45) is 17.6 Å². The molecule has 2 N–H and O–H groups in total. The predicted molar refractivity (Wildman–Crippen MR) is 85.0 cm³/mol. The first-order chi connectivity index (χ1) is 11.0. The number of hydrogen-bond donors (Lipinski definition) is 1. The molecular formula is C17H23N3O3. The second-order valence-corrected chi connectivity index (χ2v) is 6.45. The monoisotopic (exact) mass is 317 g/mol. The number of fused-ring (bicyclic) bond motifs is 1. The number of carbonyl (C=O) groups is 2. The summed E-state index contributed by atoms with van der Waals surface area (Å²) < 4.78 is 4.98. The van der Waals surface area contributed by atoms with Crippen molar-refractivity contribution in [2.75, 3.05) is 19.7 Å². The Morgan fingerprint density at radius 2 is 2.17 bits per heavy atom. The van der Waals surface area contributed by atoms with E-state index < -0.39 is 5.97 Å². The Morgan fingerprint density at radius 3 is 2.87 bits per heavy atom. The lowest BCUT2D eigenvalue weighted by Crippen LogP contribution is -2.34. The minimum Gasteiger partial charge on any atom is -0.462 e. The third-order valence-corrected chi connectivity index (χ3v) is 5.03. The van der Waals surface area contributed by atoms with Gasteiger partial charge in [0.2, 0.25) is 0 Å². The summed E-state index contributed by atoms with van der Waals surface area (Å²) in [6.45, 7) is 5.28. The number of nitrogens with zero attached hydrogens (tertiary/aromatic N) is 2. The second-order valence-electron chi connectivity index (χ2n) is 6.45. The van der Waals surface area contributed by atoms with Gasteiger partial charge in [-0.15, -0.1) is 0 Å². The molecule has 3 rings (SSSR count). The Bertz CT molecular complexity index is 632. The van der Waals surface area contributed by atoms with Crippen LogP contribution in [0.15, 0.2) is 12.3 Å². The number of amides is 1. The number of rotatable bonds is 3. The lowest BCUT2D eigenvalue weighted by molar-refractivity contribution is 0.0526. The van der Waals surface area contributed by atoms with Crippen LogP contribution in [-0.2, 0) is 4.74 Å². The van der Waals surface area contributed by atoms with Crippen LogP contribution in [0.1, 0.15) is 46.2 Å². The first-order valence-corrected chi connectivity index (χ1v) is 8.20. The van der Waals surface area contributed by atoms with Crippen molar-refractivity contribution in [1.82, 2.24) is 9.88 Å². The first-order valence-electron chi connectivity index (χ1n) is 8.20. The number of likely N-dealkylation sites (tertiary alicyclic amines) is 1. The second kappa shape index (κ2) is 6.28. The van der Waals surface area contributed by atoms with Gasteiger partial charge in [0, 0.05) is 25.3 Å². The minimum absolute atomic E-state index is 0.0669. The van der Waals surface area contributed by atoms with E-state index in [1.54, 1.807) is 19.9 Å². The van der Waals surface area contributed by atoms with Crippen molar-refractivity contribution in [1.29, 1.82) is 0 Å². The Morgan fingerprint density at radius 1 is 1.39 bits per heavy atom. The molecule has 23 heavy (non-hydrogen) atoms. The van der Waals surface area contributed by atoms with Crippen molar-refractivity contribution >= 4 is 11.9 Å². The normalized spacial score (nSPS) is 26.2. The van der Waals surface area contributed by atoms with E-state index in [1.807, 2.05) is 4.90 Å². The maximum atomic E-state index is 12.8. The molecule has 1 saturated heterocycles. The molecule has 3 unspecified atom stereocenters. The van der Waals surface area contributed by atoms with Crippen LogP contribution in [0.3, 0.4) is 0 Å². The SMILES string of the molecule is CCOC(=O)c1cnc(C)c(C(=O)N2CC3CCC(N)C3C2)c1. The highest BCUT2D eigenvalue weighted by atomic mass is 16.5. The summed E-state index contributed by atoms with van der Waals surface area (Å²) in [5.74, 6) is 0.396. The third kappa shape index (κ3) is 2.95. The fourth-order valence-corrected chi connectivity index (χ4v) is 3.72. The maximum absolute atomic E-state index is 12.8. The molecule has 6 nitrogen and oxygen atoms in total. The molecular weight excluding hydrogens is 294 g/mol. The van der Waals surface area contributed by atoms with Gasteiger partial charge in [0.05, 0.1) is 23.4 Å².